The van der Waals surface area contributed by atoms with E-state index in [4.69, 9.17) is 4.74 Å². The third-order valence-electron chi connectivity index (χ3n) is 2.12. The van der Waals surface area contributed by atoms with Crippen LogP contribution in [0.15, 0.2) is 57.5 Å². The van der Waals surface area contributed by atoms with Gasteiger partial charge < -0.3 is 4.74 Å². The van der Waals surface area contributed by atoms with Crippen LogP contribution in [0.4, 0.5) is 0 Å². The number of hydrogen-bond donors (Lipinski definition) is 0. The van der Waals surface area contributed by atoms with E-state index in [-0.39, 0.29) is 0 Å². The fourth-order valence-electron chi connectivity index (χ4n) is 1.35. The lowest BCUT2D eigenvalue weighted by molar-refractivity contribution is 0.304. The van der Waals surface area contributed by atoms with E-state index in [0.717, 1.165) is 20.3 Å². The van der Waals surface area contributed by atoms with Crippen molar-refractivity contribution in [3.8, 4) is 5.75 Å². The second-order valence-electron chi connectivity index (χ2n) is 3.35. The van der Waals surface area contributed by atoms with Crippen LogP contribution < -0.4 is 4.74 Å². The lowest BCUT2D eigenvalue weighted by atomic mass is 10.2. The van der Waals surface area contributed by atoms with Crippen molar-refractivity contribution >= 4 is 31.9 Å². The van der Waals surface area contributed by atoms with Crippen LogP contribution in [-0.4, -0.2) is 0 Å². The highest BCUT2D eigenvalue weighted by atomic mass is 79.9. The summed E-state index contributed by atoms with van der Waals surface area (Å²) in [5.74, 6) is 0.863. The van der Waals surface area contributed by atoms with Crippen molar-refractivity contribution < 1.29 is 4.74 Å². The molecule has 2 aromatic rings. The van der Waals surface area contributed by atoms with Gasteiger partial charge in [0, 0.05) is 4.47 Å². The molecule has 0 aliphatic carbocycles. The molecular weight excluding hydrogens is 332 g/mol. The standard InChI is InChI=1S/C13H10Br2O/c14-11-5-3-4-10(8-11)9-16-13-7-2-1-6-12(13)15/h1-8H,9H2. The van der Waals surface area contributed by atoms with Crippen LogP contribution in [0.5, 0.6) is 5.75 Å². The number of hydrogen-bond acceptors (Lipinski definition) is 1. The molecule has 0 aliphatic heterocycles. The van der Waals surface area contributed by atoms with E-state index in [1.165, 1.54) is 0 Å². The molecule has 82 valence electrons. The molecule has 2 aromatic carbocycles. The number of halogens is 2. The van der Waals surface area contributed by atoms with Crippen molar-refractivity contribution in [3.05, 3.63) is 63.0 Å². The van der Waals surface area contributed by atoms with Crippen LogP contribution in [0.1, 0.15) is 5.56 Å². The third kappa shape index (κ3) is 3.09. The van der Waals surface area contributed by atoms with Crippen molar-refractivity contribution in [2.24, 2.45) is 0 Å². The normalized spacial score (nSPS) is 10.1. The summed E-state index contributed by atoms with van der Waals surface area (Å²) in [5, 5.41) is 0. The fourth-order valence-corrected chi connectivity index (χ4v) is 2.20. The molecule has 0 aliphatic rings. The van der Waals surface area contributed by atoms with Gasteiger partial charge in [-0.3, -0.25) is 0 Å². The SMILES string of the molecule is Brc1cccc(COc2ccccc2Br)c1. The molecule has 0 aromatic heterocycles. The molecule has 0 N–H and O–H groups in total. The summed E-state index contributed by atoms with van der Waals surface area (Å²) in [6, 6.07) is 15.9. The molecule has 0 amide bonds. The van der Waals surface area contributed by atoms with Crippen LogP contribution in [0.3, 0.4) is 0 Å². The van der Waals surface area contributed by atoms with Gasteiger partial charge in [0.2, 0.25) is 0 Å². The first-order valence-electron chi connectivity index (χ1n) is 4.87. The highest BCUT2D eigenvalue weighted by Crippen LogP contribution is 2.25. The number of para-hydroxylation sites is 1. The molecule has 0 unspecified atom stereocenters. The van der Waals surface area contributed by atoms with E-state index in [0.29, 0.717) is 6.61 Å². The highest BCUT2D eigenvalue weighted by Gasteiger charge is 2.00. The summed E-state index contributed by atoms with van der Waals surface area (Å²) in [6.45, 7) is 0.571. The van der Waals surface area contributed by atoms with Crippen molar-refractivity contribution in [3.63, 3.8) is 0 Å². The van der Waals surface area contributed by atoms with Crippen LogP contribution >= 0.6 is 31.9 Å². The Morgan fingerprint density at radius 1 is 0.938 bits per heavy atom. The van der Waals surface area contributed by atoms with Gasteiger partial charge in [0.25, 0.3) is 0 Å². The largest absolute Gasteiger partial charge is 0.488 e. The molecule has 3 heteroatoms. The smallest absolute Gasteiger partial charge is 0.133 e. The summed E-state index contributed by atoms with van der Waals surface area (Å²) in [7, 11) is 0. The van der Waals surface area contributed by atoms with Crippen molar-refractivity contribution in [1.29, 1.82) is 0 Å². The van der Waals surface area contributed by atoms with Gasteiger partial charge in [0.05, 0.1) is 4.47 Å². The Labute approximate surface area is 112 Å². The number of ether oxygens (including phenoxy) is 1. The number of benzene rings is 2. The predicted octanol–water partition coefficient (Wildman–Crippen LogP) is 4.79. The molecule has 0 fully saturated rings. The first-order chi connectivity index (χ1) is 7.75. The number of rotatable bonds is 3. The first-order valence-corrected chi connectivity index (χ1v) is 6.46. The van der Waals surface area contributed by atoms with Crippen LogP contribution in [-0.2, 0) is 6.61 Å². The van der Waals surface area contributed by atoms with Gasteiger partial charge >= 0.3 is 0 Å². The molecule has 1 nitrogen and oxygen atoms in total. The second kappa shape index (κ2) is 5.51. The molecule has 0 heterocycles. The Bertz CT molecular complexity index is 483. The summed E-state index contributed by atoms with van der Waals surface area (Å²) in [6.07, 6.45) is 0. The molecule has 2 rings (SSSR count). The summed E-state index contributed by atoms with van der Waals surface area (Å²) < 4.78 is 7.76. The zero-order valence-electron chi connectivity index (χ0n) is 8.49. The van der Waals surface area contributed by atoms with Gasteiger partial charge in [0.1, 0.15) is 12.4 Å². The average Bonchev–Trinajstić information content (AvgIpc) is 2.28. The van der Waals surface area contributed by atoms with Crippen LogP contribution in [0, 0.1) is 0 Å². The van der Waals surface area contributed by atoms with E-state index >= 15 is 0 Å². The average molecular weight is 342 g/mol. The quantitative estimate of drug-likeness (QED) is 0.779. The van der Waals surface area contributed by atoms with E-state index < -0.39 is 0 Å². The maximum Gasteiger partial charge on any atom is 0.133 e. The maximum atomic E-state index is 5.71. The maximum absolute atomic E-state index is 5.71. The van der Waals surface area contributed by atoms with Crippen LogP contribution in [0.25, 0.3) is 0 Å². The van der Waals surface area contributed by atoms with Crippen molar-refractivity contribution in [1.82, 2.24) is 0 Å². The lowest BCUT2D eigenvalue weighted by Crippen LogP contribution is -1.95. The Balaban J connectivity index is 2.05. The van der Waals surface area contributed by atoms with Crippen LogP contribution in [0.2, 0.25) is 0 Å². The zero-order chi connectivity index (χ0) is 11.4. The van der Waals surface area contributed by atoms with Gasteiger partial charge in [-0.05, 0) is 45.8 Å². The minimum atomic E-state index is 0.571. The minimum Gasteiger partial charge on any atom is -0.488 e. The molecule has 0 radical (unpaired) electrons. The Morgan fingerprint density at radius 2 is 1.75 bits per heavy atom. The van der Waals surface area contributed by atoms with Gasteiger partial charge in [-0.1, -0.05) is 40.2 Å². The molecule has 0 saturated heterocycles. The van der Waals surface area contributed by atoms with Gasteiger partial charge in [0.15, 0.2) is 0 Å². The lowest BCUT2D eigenvalue weighted by Gasteiger charge is -2.08. The first kappa shape index (κ1) is 11.7. The van der Waals surface area contributed by atoms with E-state index in [2.05, 4.69) is 37.9 Å². The topological polar surface area (TPSA) is 9.23 Å². The monoisotopic (exact) mass is 340 g/mol. The van der Waals surface area contributed by atoms with Crippen molar-refractivity contribution in [2.45, 2.75) is 6.61 Å². The fraction of sp³-hybridized carbons (Fsp3) is 0.0769. The van der Waals surface area contributed by atoms with E-state index in [9.17, 15) is 0 Å². The Morgan fingerprint density at radius 3 is 2.50 bits per heavy atom. The molecule has 0 spiro atoms. The van der Waals surface area contributed by atoms with Crippen molar-refractivity contribution in [2.75, 3.05) is 0 Å². The summed E-state index contributed by atoms with van der Waals surface area (Å²) in [5.41, 5.74) is 1.14. The van der Waals surface area contributed by atoms with E-state index in [1.54, 1.807) is 0 Å². The molecule has 0 bridgehead atoms. The predicted molar refractivity (Wildman–Crippen MR) is 72.6 cm³/mol. The van der Waals surface area contributed by atoms with Gasteiger partial charge in [-0.15, -0.1) is 0 Å². The highest BCUT2D eigenvalue weighted by molar-refractivity contribution is 9.10. The molecule has 0 saturated carbocycles. The van der Waals surface area contributed by atoms with E-state index in [1.807, 2.05) is 42.5 Å². The van der Waals surface area contributed by atoms with Gasteiger partial charge in [-0.25, -0.2) is 0 Å². The second-order valence-corrected chi connectivity index (χ2v) is 5.12. The third-order valence-corrected chi connectivity index (χ3v) is 3.27. The summed E-state index contributed by atoms with van der Waals surface area (Å²) >= 11 is 6.89. The summed E-state index contributed by atoms with van der Waals surface area (Å²) in [4.78, 5) is 0. The Kier molecular flexibility index (Phi) is 4.02. The zero-order valence-corrected chi connectivity index (χ0v) is 11.7. The molecular formula is C13H10Br2O. The van der Waals surface area contributed by atoms with Gasteiger partial charge in [-0.2, -0.15) is 0 Å². The molecule has 0 atom stereocenters. The minimum absolute atomic E-state index is 0.571. The molecule has 16 heavy (non-hydrogen) atoms. The Hall–Kier alpha value is -0.800.